The molecule has 0 aliphatic carbocycles. The fourth-order valence-electron chi connectivity index (χ4n) is 2.37. The Morgan fingerprint density at radius 2 is 2.00 bits per heavy atom. The minimum atomic E-state index is -0.596. The number of ether oxygens (including phenoxy) is 1. The van der Waals surface area contributed by atoms with E-state index >= 15 is 0 Å². The standard InChI is InChI=1S/C16H19N3O3/c1-3-10-19-13(11-6-4-5-7-14(11)22-2)9-8-12(16(19)21)15(20)18-17/h4-9H,3,10,17H2,1-2H3,(H,18,20). The van der Waals surface area contributed by atoms with Crippen LogP contribution in [0, 0.1) is 0 Å². The van der Waals surface area contributed by atoms with Crippen molar-refractivity contribution in [2.24, 2.45) is 5.84 Å². The first-order valence-electron chi connectivity index (χ1n) is 7.02. The van der Waals surface area contributed by atoms with Gasteiger partial charge in [0.25, 0.3) is 11.5 Å². The second-order valence-electron chi connectivity index (χ2n) is 4.76. The zero-order chi connectivity index (χ0) is 16.1. The number of hydrogen-bond donors (Lipinski definition) is 2. The molecule has 1 aromatic carbocycles. The van der Waals surface area contributed by atoms with Crippen LogP contribution >= 0.6 is 0 Å². The molecule has 1 amide bonds. The van der Waals surface area contributed by atoms with Crippen LogP contribution in [-0.4, -0.2) is 17.6 Å². The summed E-state index contributed by atoms with van der Waals surface area (Å²) in [4.78, 5) is 24.2. The predicted octanol–water partition coefficient (Wildman–Crippen LogP) is 1.54. The number of para-hydroxylation sites is 1. The van der Waals surface area contributed by atoms with Gasteiger partial charge in [-0.25, -0.2) is 5.84 Å². The molecule has 0 fully saturated rings. The van der Waals surface area contributed by atoms with Crippen LogP contribution in [0.25, 0.3) is 11.3 Å². The number of aromatic nitrogens is 1. The van der Waals surface area contributed by atoms with Gasteiger partial charge in [-0.3, -0.25) is 15.0 Å². The van der Waals surface area contributed by atoms with Crippen molar-refractivity contribution in [3.8, 4) is 17.0 Å². The average molecular weight is 301 g/mol. The highest BCUT2D eigenvalue weighted by Crippen LogP contribution is 2.29. The summed E-state index contributed by atoms with van der Waals surface area (Å²) in [5, 5.41) is 0. The number of amides is 1. The van der Waals surface area contributed by atoms with Crippen molar-refractivity contribution in [2.45, 2.75) is 19.9 Å². The van der Waals surface area contributed by atoms with Crippen LogP contribution in [0.4, 0.5) is 0 Å². The Morgan fingerprint density at radius 1 is 1.27 bits per heavy atom. The molecule has 0 bridgehead atoms. The number of hydrogen-bond acceptors (Lipinski definition) is 4. The monoisotopic (exact) mass is 301 g/mol. The largest absolute Gasteiger partial charge is 0.496 e. The van der Waals surface area contributed by atoms with Gasteiger partial charge in [-0.15, -0.1) is 0 Å². The van der Waals surface area contributed by atoms with Gasteiger partial charge in [-0.1, -0.05) is 19.1 Å². The maximum absolute atomic E-state index is 12.6. The summed E-state index contributed by atoms with van der Waals surface area (Å²) < 4.78 is 6.93. The molecular weight excluding hydrogens is 282 g/mol. The molecule has 6 heteroatoms. The van der Waals surface area contributed by atoms with Gasteiger partial charge in [0.15, 0.2) is 0 Å². The van der Waals surface area contributed by atoms with Gasteiger partial charge < -0.3 is 9.30 Å². The molecule has 0 aliphatic heterocycles. The van der Waals surface area contributed by atoms with Gasteiger partial charge in [0.1, 0.15) is 11.3 Å². The molecule has 0 atom stereocenters. The molecule has 1 heterocycles. The van der Waals surface area contributed by atoms with Gasteiger partial charge in [0.05, 0.1) is 12.8 Å². The zero-order valence-electron chi connectivity index (χ0n) is 12.6. The average Bonchev–Trinajstić information content (AvgIpc) is 2.56. The second kappa shape index (κ2) is 6.91. The molecule has 0 unspecified atom stereocenters. The van der Waals surface area contributed by atoms with E-state index in [1.54, 1.807) is 17.7 Å². The van der Waals surface area contributed by atoms with Crippen molar-refractivity contribution in [1.82, 2.24) is 9.99 Å². The number of carbonyl (C=O) groups excluding carboxylic acids is 1. The molecular formula is C16H19N3O3. The number of nitrogens with two attached hydrogens (primary N) is 1. The lowest BCUT2D eigenvalue weighted by Gasteiger charge is -2.16. The minimum absolute atomic E-state index is 0.0228. The first kappa shape index (κ1) is 15.8. The highest BCUT2D eigenvalue weighted by Gasteiger charge is 2.16. The first-order valence-corrected chi connectivity index (χ1v) is 7.02. The summed E-state index contributed by atoms with van der Waals surface area (Å²) in [5.41, 5.74) is 3.16. The van der Waals surface area contributed by atoms with Crippen LogP contribution < -0.4 is 21.6 Å². The maximum atomic E-state index is 12.6. The summed E-state index contributed by atoms with van der Waals surface area (Å²) in [6, 6.07) is 10.7. The Hall–Kier alpha value is -2.60. The summed E-state index contributed by atoms with van der Waals surface area (Å²) in [7, 11) is 1.58. The van der Waals surface area contributed by atoms with Gasteiger partial charge in [0.2, 0.25) is 0 Å². The van der Waals surface area contributed by atoms with Crippen LogP contribution in [0.5, 0.6) is 5.75 Å². The molecule has 6 nitrogen and oxygen atoms in total. The lowest BCUT2D eigenvalue weighted by molar-refractivity contribution is 0.0951. The van der Waals surface area contributed by atoms with Gasteiger partial charge in [0, 0.05) is 12.1 Å². The molecule has 2 rings (SSSR count). The van der Waals surface area contributed by atoms with Crippen molar-refractivity contribution in [3.05, 3.63) is 52.3 Å². The summed E-state index contributed by atoms with van der Waals surface area (Å²) in [6.07, 6.45) is 0.760. The van der Waals surface area contributed by atoms with Gasteiger partial charge >= 0.3 is 0 Å². The van der Waals surface area contributed by atoms with Gasteiger partial charge in [-0.2, -0.15) is 0 Å². The fraction of sp³-hybridized carbons (Fsp3) is 0.250. The first-order chi connectivity index (χ1) is 10.6. The van der Waals surface area contributed by atoms with E-state index in [-0.39, 0.29) is 11.1 Å². The van der Waals surface area contributed by atoms with Crippen molar-refractivity contribution in [2.75, 3.05) is 7.11 Å². The van der Waals surface area contributed by atoms with Crippen molar-refractivity contribution < 1.29 is 9.53 Å². The third-order valence-electron chi connectivity index (χ3n) is 3.38. The number of pyridine rings is 1. The van der Waals surface area contributed by atoms with E-state index in [0.717, 1.165) is 12.0 Å². The molecule has 0 spiro atoms. The molecule has 22 heavy (non-hydrogen) atoms. The smallest absolute Gasteiger partial charge is 0.270 e. The summed E-state index contributed by atoms with van der Waals surface area (Å²) in [6.45, 7) is 2.46. The third kappa shape index (κ3) is 2.87. The normalized spacial score (nSPS) is 10.3. The third-order valence-corrected chi connectivity index (χ3v) is 3.38. The molecule has 1 aromatic heterocycles. The molecule has 0 saturated heterocycles. The predicted molar refractivity (Wildman–Crippen MR) is 84.6 cm³/mol. The lowest BCUT2D eigenvalue weighted by Crippen LogP contribution is -2.37. The molecule has 3 N–H and O–H groups in total. The zero-order valence-corrected chi connectivity index (χ0v) is 12.6. The molecule has 0 aliphatic rings. The molecule has 116 valence electrons. The van der Waals surface area contributed by atoms with Crippen LogP contribution in [0.15, 0.2) is 41.2 Å². The SMILES string of the molecule is CCCn1c(-c2ccccc2OC)ccc(C(=O)NN)c1=O. The highest BCUT2D eigenvalue weighted by molar-refractivity contribution is 5.93. The van der Waals surface area contributed by atoms with Crippen LogP contribution in [-0.2, 0) is 6.54 Å². The number of nitrogens with one attached hydrogen (secondary N) is 1. The number of benzene rings is 1. The number of rotatable bonds is 5. The lowest BCUT2D eigenvalue weighted by atomic mass is 10.1. The number of hydrazine groups is 1. The topological polar surface area (TPSA) is 86.3 Å². The Kier molecular flexibility index (Phi) is 4.95. The van der Waals surface area contributed by atoms with Crippen molar-refractivity contribution >= 4 is 5.91 Å². The number of carbonyl (C=O) groups is 1. The van der Waals surface area contributed by atoms with E-state index in [1.165, 1.54) is 6.07 Å². The molecule has 0 radical (unpaired) electrons. The summed E-state index contributed by atoms with van der Waals surface area (Å²) >= 11 is 0. The van der Waals surface area contributed by atoms with Crippen LogP contribution in [0.3, 0.4) is 0 Å². The Bertz CT molecular complexity index is 738. The quantitative estimate of drug-likeness (QED) is 0.498. The maximum Gasteiger partial charge on any atom is 0.270 e. The molecule has 0 saturated carbocycles. The number of nitrogen functional groups attached to an aromatic ring is 1. The van der Waals surface area contributed by atoms with Gasteiger partial charge in [-0.05, 0) is 30.7 Å². The number of methoxy groups -OCH3 is 1. The highest BCUT2D eigenvalue weighted by atomic mass is 16.5. The van der Waals surface area contributed by atoms with Crippen LogP contribution in [0.1, 0.15) is 23.7 Å². The Labute approximate surface area is 128 Å². The number of nitrogens with zero attached hydrogens (tertiary/aromatic N) is 1. The Balaban J connectivity index is 2.69. The van der Waals surface area contributed by atoms with E-state index in [9.17, 15) is 9.59 Å². The fourth-order valence-corrected chi connectivity index (χ4v) is 2.37. The van der Waals surface area contributed by atoms with Crippen molar-refractivity contribution in [1.29, 1.82) is 0 Å². The second-order valence-corrected chi connectivity index (χ2v) is 4.76. The van der Waals surface area contributed by atoms with E-state index in [0.29, 0.717) is 18.0 Å². The summed E-state index contributed by atoms with van der Waals surface area (Å²) in [5.74, 6) is 5.20. The van der Waals surface area contributed by atoms with E-state index in [2.05, 4.69) is 0 Å². The molecule has 2 aromatic rings. The van der Waals surface area contributed by atoms with E-state index < -0.39 is 5.91 Å². The van der Waals surface area contributed by atoms with E-state index in [4.69, 9.17) is 10.6 Å². The minimum Gasteiger partial charge on any atom is -0.496 e. The van der Waals surface area contributed by atoms with E-state index in [1.807, 2.05) is 36.6 Å². The Morgan fingerprint density at radius 3 is 2.64 bits per heavy atom. The van der Waals surface area contributed by atoms with Crippen LogP contribution in [0.2, 0.25) is 0 Å². The van der Waals surface area contributed by atoms with Crippen molar-refractivity contribution in [3.63, 3.8) is 0 Å².